The second-order valence-electron chi connectivity index (χ2n) is 10.8. The number of hydrogen-bond acceptors (Lipinski definition) is 7. The molecule has 0 atom stereocenters. The third kappa shape index (κ3) is 3.28. The fourth-order valence-corrected chi connectivity index (χ4v) is 6.35. The first-order chi connectivity index (χ1) is 16.9. The standard InChI is InChI=1S/C26H29N7OS/c1-15(2)32-22(34)18-13-27-23(29-17-4-5-19-16(12-17)6-11-28-26(19)9-10-26)31-21(18)33(32)24-30-20(14-35-24)25(3)7-8-25/h4-5,12-15,28H,6-11H2,1-3H3,(H,27,29,31). The summed E-state index contributed by atoms with van der Waals surface area (Å²) in [4.78, 5) is 27.6. The van der Waals surface area contributed by atoms with Crippen LogP contribution in [-0.4, -0.2) is 30.9 Å². The van der Waals surface area contributed by atoms with E-state index in [9.17, 15) is 4.79 Å². The van der Waals surface area contributed by atoms with Crippen molar-refractivity contribution in [1.82, 2.24) is 29.6 Å². The Morgan fingerprint density at radius 3 is 2.74 bits per heavy atom. The van der Waals surface area contributed by atoms with Crippen LogP contribution in [0.15, 0.2) is 34.6 Å². The zero-order valence-corrected chi connectivity index (χ0v) is 21.1. The lowest BCUT2D eigenvalue weighted by atomic mass is 9.92. The summed E-state index contributed by atoms with van der Waals surface area (Å²) in [6.45, 7) is 7.28. The zero-order chi connectivity index (χ0) is 23.9. The Kier molecular flexibility index (Phi) is 4.40. The molecule has 2 N–H and O–H groups in total. The van der Waals surface area contributed by atoms with Crippen LogP contribution in [0.5, 0.6) is 0 Å². The summed E-state index contributed by atoms with van der Waals surface area (Å²) in [6, 6.07) is 6.52. The van der Waals surface area contributed by atoms with Gasteiger partial charge in [0.25, 0.3) is 5.56 Å². The van der Waals surface area contributed by atoms with Crippen LogP contribution in [0.3, 0.4) is 0 Å². The lowest BCUT2D eigenvalue weighted by Crippen LogP contribution is -2.36. The number of rotatable bonds is 5. The quantitative estimate of drug-likeness (QED) is 0.429. The summed E-state index contributed by atoms with van der Waals surface area (Å²) < 4.78 is 3.62. The Bertz CT molecular complexity index is 1540. The molecule has 9 heteroatoms. The van der Waals surface area contributed by atoms with Crippen LogP contribution in [0.2, 0.25) is 0 Å². The van der Waals surface area contributed by atoms with E-state index in [0.29, 0.717) is 17.0 Å². The SMILES string of the molecule is CC(C)n1c(=O)c2cnc(Nc3ccc4c(c3)CCNC43CC3)nc2n1-c1nc(C2(C)CC2)cs1. The van der Waals surface area contributed by atoms with Gasteiger partial charge in [-0.25, -0.2) is 19.3 Å². The average molecular weight is 488 g/mol. The second kappa shape index (κ2) is 7.24. The van der Waals surface area contributed by atoms with E-state index in [1.54, 1.807) is 22.2 Å². The fourth-order valence-electron chi connectivity index (χ4n) is 5.37. The minimum atomic E-state index is -0.0908. The van der Waals surface area contributed by atoms with Crippen LogP contribution >= 0.6 is 11.3 Å². The molecule has 0 unspecified atom stereocenters. The molecule has 3 aliphatic rings. The van der Waals surface area contributed by atoms with Gasteiger partial charge in [0.1, 0.15) is 5.39 Å². The Balaban J connectivity index is 1.30. The summed E-state index contributed by atoms with van der Waals surface area (Å²) in [5.41, 5.74) is 5.76. The maximum Gasteiger partial charge on any atom is 0.278 e. The van der Waals surface area contributed by atoms with Crippen molar-refractivity contribution in [3.05, 3.63) is 57.0 Å². The van der Waals surface area contributed by atoms with Crippen LogP contribution in [-0.2, 0) is 17.4 Å². The Labute approximate surface area is 207 Å². The van der Waals surface area contributed by atoms with Gasteiger partial charge in [0, 0.05) is 40.8 Å². The third-order valence-electron chi connectivity index (χ3n) is 7.89. The van der Waals surface area contributed by atoms with Gasteiger partial charge in [-0.1, -0.05) is 13.0 Å². The molecule has 8 nitrogen and oxygen atoms in total. The third-order valence-corrected chi connectivity index (χ3v) is 8.70. The van der Waals surface area contributed by atoms with Crippen molar-refractivity contribution in [1.29, 1.82) is 0 Å². The van der Waals surface area contributed by atoms with Crippen molar-refractivity contribution in [3.63, 3.8) is 0 Å². The van der Waals surface area contributed by atoms with Gasteiger partial charge in [0.15, 0.2) is 5.65 Å². The van der Waals surface area contributed by atoms with Crippen LogP contribution in [0.4, 0.5) is 11.6 Å². The number of anilines is 2. The molecular formula is C26H29N7OS. The predicted octanol–water partition coefficient (Wildman–Crippen LogP) is 4.55. The number of nitrogens with one attached hydrogen (secondary N) is 2. The van der Waals surface area contributed by atoms with E-state index in [1.165, 1.54) is 24.0 Å². The first-order valence-corrected chi connectivity index (χ1v) is 13.4. The maximum atomic E-state index is 13.3. The first kappa shape index (κ1) is 21.3. The number of thiazole rings is 1. The van der Waals surface area contributed by atoms with Crippen LogP contribution in [0.25, 0.3) is 16.2 Å². The van der Waals surface area contributed by atoms with E-state index < -0.39 is 0 Å². The molecule has 0 bridgehead atoms. The van der Waals surface area contributed by atoms with E-state index in [-0.39, 0.29) is 22.6 Å². The lowest BCUT2D eigenvalue weighted by Gasteiger charge is -2.27. The van der Waals surface area contributed by atoms with Crippen LogP contribution in [0, 0.1) is 0 Å². The Morgan fingerprint density at radius 1 is 1.17 bits per heavy atom. The second-order valence-corrected chi connectivity index (χ2v) is 11.7. The van der Waals surface area contributed by atoms with Crippen molar-refractivity contribution in [2.45, 2.75) is 69.9 Å². The van der Waals surface area contributed by atoms with E-state index in [1.807, 2.05) is 18.5 Å². The van der Waals surface area contributed by atoms with Gasteiger partial charge in [0.2, 0.25) is 11.1 Å². The number of benzene rings is 1. The fraction of sp³-hybridized carbons (Fsp3) is 0.462. The molecule has 2 aliphatic carbocycles. The molecule has 2 saturated carbocycles. The maximum absolute atomic E-state index is 13.3. The van der Waals surface area contributed by atoms with Crippen LogP contribution in [0.1, 0.15) is 69.3 Å². The number of nitrogens with zero attached hydrogens (tertiary/aromatic N) is 5. The summed E-state index contributed by atoms with van der Waals surface area (Å²) in [6.07, 6.45) is 7.42. The van der Waals surface area contributed by atoms with Crippen molar-refractivity contribution in [2.75, 3.05) is 11.9 Å². The van der Waals surface area contributed by atoms with E-state index in [0.717, 1.165) is 42.3 Å². The van der Waals surface area contributed by atoms with Crippen molar-refractivity contribution >= 4 is 34.0 Å². The molecule has 3 aromatic heterocycles. The van der Waals surface area contributed by atoms with Gasteiger partial charge < -0.3 is 10.6 Å². The number of aromatic nitrogens is 5. The van der Waals surface area contributed by atoms with Gasteiger partial charge in [-0.05, 0) is 69.2 Å². The van der Waals surface area contributed by atoms with Crippen molar-refractivity contribution < 1.29 is 0 Å². The minimum absolute atomic E-state index is 0.0408. The highest BCUT2D eigenvalue weighted by molar-refractivity contribution is 7.12. The lowest BCUT2D eigenvalue weighted by molar-refractivity contribution is 0.474. The highest BCUT2D eigenvalue weighted by Gasteiger charge is 2.46. The largest absolute Gasteiger partial charge is 0.324 e. The topological polar surface area (TPSA) is 89.7 Å². The van der Waals surface area contributed by atoms with Gasteiger partial charge in [-0.3, -0.25) is 4.79 Å². The van der Waals surface area contributed by atoms with Crippen molar-refractivity contribution in [3.8, 4) is 5.13 Å². The molecule has 35 heavy (non-hydrogen) atoms. The van der Waals surface area contributed by atoms with E-state index >= 15 is 0 Å². The zero-order valence-electron chi connectivity index (χ0n) is 20.3. The summed E-state index contributed by atoms with van der Waals surface area (Å²) in [5, 5.41) is 10.5. The average Bonchev–Trinajstić information content (AvgIpc) is 3.69. The molecule has 4 heterocycles. The van der Waals surface area contributed by atoms with Crippen LogP contribution < -0.4 is 16.2 Å². The molecule has 0 radical (unpaired) electrons. The monoisotopic (exact) mass is 487 g/mol. The van der Waals surface area contributed by atoms with E-state index in [2.05, 4.69) is 46.1 Å². The number of hydrogen-bond donors (Lipinski definition) is 2. The summed E-state index contributed by atoms with van der Waals surface area (Å²) in [5.74, 6) is 0.480. The summed E-state index contributed by atoms with van der Waals surface area (Å²) in [7, 11) is 0. The summed E-state index contributed by atoms with van der Waals surface area (Å²) >= 11 is 1.57. The van der Waals surface area contributed by atoms with Gasteiger partial charge >= 0.3 is 0 Å². The van der Waals surface area contributed by atoms with E-state index in [4.69, 9.17) is 9.97 Å². The van der Waals surface area contributed by atoms with Gasteiger partial charge in [-0.2, -0.15) is 4.98 Å². The smallest absolute Gasteiger partial charge is 0.278 e. The van der Waals surface area contributed by atoms with Gasteiger partial charge in [-0.15, -0.1) is 11.3 Å². The molecular weight excluding hydrogens is 458 g/mol. The Hall–Kier alpha value is -3.04. The molecule has 7 rings (SSSR count). The molecule has 180 valence electrons. The van der Waals surface area contributed by atoms with Crippen molar-refractivity contribution in [2.24, 2.45) is 0 Å². The Morgan fingerprint density at radius 2 is 2.00 bits per heavy atom. The molecule has 1 aliphatic heterocycles. The highest BCUT2D eigenvalue weighted by Crippen LogP contribution is 2.49. The number of fused-ring (bicyclic) bond motifs is 3. The first-order valence-electron chi connectivity index (χ1n) is 12.5. The molecule has 4 aromatic rings. The molecule has 1 aromatic carbocycles. The minimum Gasteiger partial charge on any atom is -0.324 e. The highest BCUT2D eigenvalue weighted by atomic mass is 32.1. The normalized spacial score (nSPS) is 19.3. The predicted molar refractivity (Wildman–Crippen MR) is 138 cm³/mol. The molecule has 2 fully saturated rings. The molecule has 1 spiro atoms. The molecule has 0 saturated heterocycles. The van der Waals surface area contributed by atoms with Gasteiger partial charge in [0.05, 0.1) is 5.69 Å². The molecule has 0 amide bonds.